The minimum absolute atomic E-state index is 0.221. The van der Waals surface area contributed by atoms with Crippen molar-refractivity contribution in [2.45, 2.75) is 50.3 Å². The van der Waals surface area contributed by atoms with Crippen molar-refractivity contribution in [1.82, 2.24) is 4.98 Å². The molecule has 0 radical (unpaired) electrons. The molecule has 0 aliphatic heterocycles. The Morgan fingerprint density at radius 3 is 2.53 bits per heavy atom. The van der Waals surface area contributed by atoms with Crippen molar-refractivity contribution in [3.8, 4) is 11.6 Å². The number of hydrogen-bond donors (Lipinski definition) is 0. The van der Waals surface area contributed by atoms with E-state index in [4.69, 9.17) is 9.47 Å². The van der Waals surface area contributed by atoms with Crippen LogP contribution >= 0.6 is 11.8 Å². The lowest BCUT2D eigenvalue weighted by Crippen LogP contribution is -2.23. The molecule has 1 aliphatic carbocycles. The van der Waals surface area contributed by atoms with Gasteiger partial charge >= 0.3 is 0 Å². The van der Waals surface area contributed by atoms with E-state index < -0.39 is 0 Å². The summed E-state index contributed by atoms with van der Waals surface area (Å²) in [5.41, 5.74) is -0.221. The van der Waals surface area contributed by atoms with Crippen LogP contribution in [0.4, 0.5) is 0 Å². The average molecular weight is 253 g/mol. The molecule has 1 aliphatic rings. The standard InChI is InChI=1S/C13H19NO2S/c1-13(2,3)16-11-8-7-10(12(14-11)17-4)15-9-5-6-9/h7-9H,5-6H2,1-4H3. The molecule has 0 saturated heterocycles. The third kappa shape index (κ3) is 3.80. The summed E-state index contributed by atoms with van der Waals surface area (Å²) in [5.74, 6) is 1.53. The number of rotatable bonds is 4. The van der Waals surface area contributed by atoms with Gasteiger partial charge in [0.1, 0.15) is 10.6 Å². The van der Waals surface area contributed by atoms with Crippen LogP contribution in [0.2, 0.25) is 0 Å². The van der Waals surface area contributed by atoms with Gasteiger partial charge in [-0.25, -0.2) is 4.98 Å². The van der Waals surface area contributed by atoms with E-state index in [0.29, 0.717) is 12.0 Å². The van der Waals surface area contributed by atoms with Crippen molar-refractivity contribution in [2.24, 2.45) is 0 Å². The van der Waals surface area contributed by atoms with E-state index in [2.05, 4.69) is 4.98 Å². The Balaban J connectivity index is 2.14. The normalized spacial score (nSPS) is 15.8. The molecule has 1 heterocycles. The summed E-state index contributed by atoms with van der Waals surface area (Å²) in [6, 6.07) is 3.83. The molecule has 0 N–H and O–H groups in total. The molecule has 17 heavy (non-hydrogen) atoms. The summed E-state index contributed by atoms with van der Waals surface area (Å²) in [7, 11) is 0. The Labute approximate surface area is 107 Å². The highest BCUT2D eigenvalue weighted by Crippen LogP contribution is 2.34. The van der Waals surface area contributed by atoms with Crippen LogP contribution in [-0.4, -0.2) is 22.9 Å². The van der Waals surface area contributed by atoms with Crippen LogP contribution in [0, 0.1) is 0 Å². The van der Waals surface area contributed by atoms with Gasteiger partial charge in [0.15, 0.2) is 5.75 Å². The average Bonchev–Trinajstić information content (AvgIpc) is 3.02. The van der Waals surface area contributed by atoms with Gasteiger partial charge in [-0.15, -0.1) is 11.8 Å². The molecule has 0 atom stereocenters. The lowest BCUT2D eigenvalue weighted by Gasteiger charge is -2.21. The second kappa shape index (κ2) is 4.77. The highest BCUT2D eigenvalue weighted by molar-refractivity contribution is 7.98. The number of thioether (sulfide) groups is 1. The zero-order chi connectivity index (χ0) is 12.5. The second-order valence-corrected chi connectivity index (χ2v) is 5.98. The summed E-state index contributed by atoms with van der Waals surface area (Å²) in [4.78, 5) is 4.47. The lowest BCUT2D eigenvalue weighted by atomic mass is 10.2. The fourth-order valence-electron chi connectivity index (χ4n) is 1.38. The van der Waals surface area contributed by atoms with Crippen molar-refractivity contribution in [3.63, 3.8) is 0 Å². The molecule has 94 valence electrons. The zero-order valence-electron chi connectivity index (χ0n) is 10.8. The lowest BCUT2D eigenvalue weighted by molar-refractivity contribution is 0.122. The van der Waals surface area contributed by atoms with Gasteiger partial charge < -0.3 is 9.47 Å². The van der Waals surface area contributed by atoms with Crippen LogP contribution in [-0.2, 0) is 0 Å². The van der Waals surface area contributed by atoms with Gasteiger partial charge in [-0.1, -0.05) is 0 Å². The van der Waals surface area contributed by atoms with Gasteiger partial charge in [-0.2, -0.15) is 0 Å². The first-order valence-electron chi connectivity index (χ1n) is 5.88. The maximum absolute atomic E-state index is 5.79. The zero-order valence-corrected chi connectivity index (χ0v) is 11.6. The maximum atomic E-state index is 5.79. The Morgan fingerprint density at radius 2 is 2.00 bits per heavy atom. The van der Waals surface area contributed by atoms with Crippen LogP contribution in [0.25, 0.3) is 0 Å². The number of hydrogen-bond acceptors (Lipinski definition) is 4. The van der Waals surface area contributed by atoms with E-state index in [1.54, 1.807) is 11.8 Å². The smallest absolute Gasteiger partial charge is 0.215 e. The largest absolute Gasteiger partial charge is 0.488 e. The Kier molecular flexibility index (Phi) is 3.52. The van der Waals surface area contributed by atoms with Crippen LogP contribution in [0.15, 0.2) is 17.2 Å². The quantitative estimate of drug-likeness (QED) is 0.768. The molecule has 0 aromatic carbocycles. The van der Waals surface area contributed by atoms with Crippen LogP contribution in [0.5, 0.6) is 11.6 Å². The topological polar surface area (TPSA) is 31.4 Å². The van der Waals surface area contributed by atoms with Crippen molar-refractivity contribution >= 4 is 11.8 Å². The minimum Gasteiger partial charge on any atom is -0.488 e. The number of pyridine rings is 1. The molecule has 1 aromatic rings. The van der Waals surface area contributed by atoms with E-state index in [9.17, 15) is 0 Å². The molecule has 0 amide bonds. The fourth-order valence-corrected chi connectivity index (χ4v) is 1.88. The number of nitrogens with zero attached hydrogens (tertiary/aromatic N) is 1. The molecular weight excluding hydrogens is 234 g/mol. The summed E-state index contributed by atoms with van der Waals surface area (Å²) in [5, 5.41) is 0.902. The van der Waals surface area contributed by atoms with Crippen molar-refractivity contribution in [1.29, 1.82) is 0 Å². The first-order chi connectivity index (χ1) is 7.98. The SMILES string of the molecule is CSc1nc(OC(C)(C)C)ccc1OC1CC1. The molecule has 4 heteroatoms. The molecule has 1 saturated carbocycles. The monoisotopic (exact) mass is 253 g/mol. The van der Waals surface area contributed by atoms with Gasteiger partial charge in [0.2, 0.25) is 5.88 Å². The number of aromatic nitrogens is 1. The molecule has 2 rings (SSSR count). The van der Waals surface area contributed by atoms with E-state index in [1.165, 1.54) is 0 Å². The first kappa shape index (κ1) is 12.6. The van der Waals surface area contributed by atoms with E-state index in [-0.39, 0.29) is 5.60 Å². The predicted octanol–water partition coefficient (Wildman–Crippen LogP) is 3.52. The van der Waals surface area contributed by atoms with Crippen molar-refractivity contribution in [3.05, 3.63) is 12.1 Å². The molecule has 1 fully saturated rings. The van der Waals surface area contributed by atoms with E-state index in [1.807, 2.05) is 39.2 Å². The van der Waals surface area contributed by atoms with Gasteiger partial charge in [0, 0.05) is 6.07 Å². The molecular formula is C13H19NO2S. The van der Waals surface area contributed by atoms with Crippen LogP contribution in [0.3, 0.4) is 0 Å². The van der Waals surface area contributed by atoms with Crippen LogP contribution in [0.1, 0.15) is 33.6 Å². The van der Waals surface area contributed by atoms with Gasteiger partial charge in [0.25, 0.3) is 0 Å². The van der Waals surface area contributed by atoms with Crippen molar-refractivity contribution in [2.75, 3.05) is 6.26 Å². The Bertz CT molecular complexity index is 397. The van der Waals surface area contributed by atoms with E-state index >= 15 is 0 Å². The minimum atomic E-state index is -0.221. The van der Waals surface area contributed by atoms with Crippen LogP contribution < -0.4 is 9.47 Å². The van der Waals surface area contributed by atoms with E-state index in [0.717, 1.165) is 23.6 Å². The van der Waals surface area contributed by atoms with Gasteiger partial charge in [0.05, 0.1) is 6.10 Å². The third-order valence-corrected chi connectivity index (χ3v) is 2.90. The molecule has 3 nitrogen and oxygen atoms in total. The summed E-state index contributed by atoms with van der Waals surface area (Å²) in [6.45, 7) is 6.05. The summed E-state index contributed by atoms with van der Waals surface area (Å²) < 4.78 is 11.5. The number of ether oxygens (including phenoxy) is 2. The molecule has 1 aromatic heterocycles. The highest BCUT2D eigenvalue weighted by Gasteiger charge is 2.25. The molecule has 0 bridgehead atoms. The third-order valence-electron chi connectivity index (χ3n) is 2.22. The molecule has 0 spiro atoms. The Hall–Kier alpha value is -0.900. The predicted molar refractivity (Wildman–Crippen MR) is 70.0 cm³/mol. The van der Waals surface area contributed by atoms with Gasteiger partial charge in [-0.3, -0.25) is 0 Å². The van der Waals surface area contributed by atoms with Crippen molar-refractivity contribution < 1.29 is 9.47 Å². The molecule has 0 unspecified atom stereocenters. The maximum Gasteiger partial charge on any atom is 0.215 e. The first-order valence-corrected chi connectivity index (χ1v) is 7.11. The Morgan fingerprint density at radius 1 is 1.29 bits per heavy atom. The second-order valence-electron chi connectivity index (χ2n) is 5.19. The summed E-state index contributed by atoms with van der Waals surface area (Å²) in [6.07, 6.45) is 4.72. The highest BCUT2D eigenvalue weighted by atomic mass is 32.2. The summed E-state index contributed by atoms with van der Waals surface area (Å²) >= 11 is 1.59. The fraction of sp³-hybridized carbons (Fsp3) is 0.615. The van der Waals surface area contributed by atoms with Gasteiger partial charge in [-0.05, 0) is 45.9 Å².